The summed E-state index contributed by atoms with van der Waals surface area (Å²) >= 11 is 0. The smallest absolute Gasteiger partial charge is 0.378 e. The van der Waals surface area contributed by atoms with Gasteiger partial charge in [0.15, 0.2) is 0 Å². The second kappa shape index (κ2) is 9.77. The fourth-order valence-electron chi connectivity index (χ4n) is 3.08. The highest BCUT2D eigenvalue weighted by molar-refractivity contribution is 6.61. The molecule has 22 heavy (non-hydrogen) atoms. The van der Waals surface area contributed by atoms with Crippen LogP contribution in [0, 0.1) is 0 Å². The molecule has 0 aliphatic carbocycles. The van der Waals surface area contributed by atoms with Crippen molar-refractivity contribution in [2.24, 2.45) is 4.99 Å². The third-order valence-electron chi connectivity index (χ3n) is 4.12. The highest BCUT2D eigenvalue weighted by Crippen LogP contribution is 2.24. The minimum absolute atomic E-state index is 0.0943. The molecule has 0 radical (unpaired) electrons. The molecule has 0 amide bonds. The van der Waals surface area contributed by atoms with Crippen molar-refractivity contribution in [1.29, 1.82) is 0 Å². The van der Waals surface area contributed by atoms with E-state index in [1.807, 2.05) is 13.8 Å². The standard InChI is InChI=1S/C16H31NO4Si/c1-3-19-22(20-4-2)13-9-12-18-14-16(21-22)15-10-7-5-6-8-11-17-15/h16H,3-14H2,1-2H3. The predicted molar refractivity (Wildman–Crippen MR) is 89.5 cm³/mol. The van der Waals surface area contributed by atoms with Gasteiger partial charge in [-0.25, -0.2) is 0 Å². The highest BCUT2D eigenvalue weighted by Gasteiger charge is 2.44. The zero-order chi connectivity index (χ0) is 15.7. The fourth-order valence-corrected chi connectivity index (χ4v) is 5.81. The van der Waals surface area contributed by atoms with E-state index >= 15 is 0 Å². The number of aliphatic imine (C=N–C) groups is 1. The molecule has 2 aliphatic heterocycles. The van der Waals surface area contributed by atoms with E-state index in [9.17, 15) is 0 Å². The molecular formula is C16H31NO4Si. The molecule has 2 rings (SSSR count). The van der Waals surface area contributed by atoms with Crippen LogP contribution in [0.15, 0.2) is 4.99 Å². The lowest BCUT2D eigenvalue weighted by molar-refractivity contribution is -0.00187. The molecule has 0 aromatic rings. The van der Waals surface area contributed by atoms with Crippen molar-refractivity contribution in [2.45, 2.75) is 64.5 Å². The fraction of sp³-hybridized carbons (Fsp3) is 0.938. The van der Waals surface area contributed by atoms with Crippen molar-refractivity contribution in [3.05, 3.63) is 0 Å². The summed E-state index contributed by atoms with van der Waals surface area (Å²) in [7, 11) is -2.60. The maximum absolute atomic E-state index is 6.43. The van der Waals surface area contributed by atoms with Crippen LogP contribution >= 0.6 is 0 Å². The number of hydrogen-bond acceptors (Lipinski definition) is 5. The summed E-state index contributed by atoms with van der Waals surface area (Å²) in [6, 6.07) is 0.832. The van der Waals surface area contributed by atoms with Gasteiger partial charge in [0.2, 0.25) is 0 Å². The summed E-state index contributed by atoms with van der Waals surface area (Å²) in [4.78, 5) is 4.79. The molecule has 1 saturated heterocycles. The van der Waals surface area contributed by atoms with Gasteiger partial charge in [0.1, 0.15) is 6.10 Å². The Kier molecular flexibility index (Phi) is 8.03. The maximum atomic E-state index is 6.43. The first kappa shape index (κ1) is 18.1. The zero-order valence-corrected chi connectivity index (χ0v) is 15.1. The summed E-state index contributed by atoms with van der Waals surface area (Å²) < 4.78 is 24.2. The summed E-state index contributed by atoms with van der Waals surface area (Å²) in [6.45, 7) is 7.52. The Bertz CT molecular complexity index is 345. The van der Waals surface area contributed by atoms with Crippen LogP contribution in [-0.2, 0) is 18.0 Å². The van der Waals surface area contributed by atoms with E-state index in [-0.39, 0.29) is 6.10 Å². The van der Waals surface area contributed by atoms with Crippen LogP contribution < -0.4 is 0 Å². The van der Waals surface area contributed by atoms with Gasteiger partial charge in [-0.2, -0.15) is 0 Å². The van der Waals surface area contributed by atoms with Gasteiger partial charge in [-0.3, -0.25) is 4.99 Å². The van der Waals surface area contributed by atoms with Crippen molar-refractivity contribution < 1.29 is 18.0 Å². The predicted octanol–water partition coefficient (Wildman–Crippen LogP) is 3.21. The molecule has 0 aromatic carbocycles. The molecule has 128 valence electrons. The molecule has 0 N–H and O–H groups in total. The first-order valence-corrected chi connectivity index (χ1v) is 10.8. The molecule has 5 nitrogen and oxygen atoms in total. The Morgan fingerprint density at radius 1 is 1.09 bits per heavy atom. The van der Waals surface area contributed by atoms with Gasteiger partial charge in [-0.15, -0.1) is 0 Å². The van der Waals surface area contributed by atoms with E-state index < -0.39 is 8.80 Å². The molecule has 6 heteroatoms. The summed E-state index contributed by atoms with van der Waals surface area (Å²) in [5.41, 5.74) is 1.15. The Hall–Kier alpha value is -0.273. The lowest BCUT2D eigenvalue weighted by atomic mass is 10.0. The molecule has 0 aromatic heterocycles. The third-order valence-corrected chi connectivity index (χ3v) is 7.19. The number of nitrogens with zero attached hydrogens (tertiary/aromatic N) is 1. The van der Waals surface area contributed by atoms with Crippen LogP contribution in [-0.4, -0.2) is 53.6 Å². The van der Waals surface area contributed by atoms with Crippen LogP contribution in [0.3, 0.4) is 0 Å². The van der Waals surface area contributed by atoms with Gasteiger partial charge in [0.25, 0.3) is 0 Å². The molecular weight excluding hydrogens is 298 g/mol. The zero-order valence-electron chi connectivity index (χ0n) is 14.1. The molecule has 2 aliphatic rings. The van der Waals surface area contributed by atoms with E-state index in [0.717, 1.165) is 37.7 Å². The van der Waals surface area contributed by atoms with Gasteiger partial charge in [-0.1, -0.05) is 12.8 Å². The largest absolute Gasteiger partial charge is 0.501 e. The molecule has 1 fully saturated rings. The Morgan fingerprint density at radius 3 is 2.64 bits per heavy atom. The van der Waals surface area contributed by atoms with Crippen LogP contribution in [0.25, 0.3) is 0 Å². The van der Waals surface area contributed by atoms with Crippen molar-refractivity contribution in [3.63, 3.8) is 0 Å². The first-order chi connectivity index (χ1) is 10.8. The second-order valence-corrected chi connectivity index (χ2v) is 8.55. The average Bonchev–Trinajstić information content (AvgIpc) is 2.43. The minimum atomic E-state index is -2.60. The SMILES string of the molecule is CCO[Si]1(OCC)CCCOCC(C2=NCCCCCC2)O1. The van der Waals surface area contributed by atoms with Gasteiger partial charge in [0.05, 0.1) is 6.61 Å². The van der Waals surface area contributed by atoms with Crippen LogP contribution in [0.1, 0.15) is 52.4 Å². The van der Waals surface area contributed by atoms with Crippen LogP contribution in [0.2, 0.25) is 6.04 Å². The minimum Gasteiger partial charge on any atom is -0.378 e. The van der Waals surface area contributed by atoms with Crippen molar-refractivity contribution in [3.8, 4) is 0 Å². The quantitative estimate of drug-likeness (QED) is 0.727. The lowest BCUT2D eigenvalue weighted by Gasteiger charge is -2.35. The highest BCUT2D eigenvalue weighted by atomic mass is 28.4. The topological polar surface area (TPSA) is 49.3 Å². The molecule has 0 spiro atoms. The lowest BCUT2D eigenvalue weighted by Crippen LogP contribution is -2.52. The van der Waals surface area contributed by atoms with E-state index in [4.69, 9.17) is 23.0 Å². The molecule has 0 saturated carbocycles. The van der Waals surface area contributed by atoms with E-state index in [0.29, 0.717) is 19.8 Å². The first-order valence-electron chi connectivity index (χ1n) is 8.86. The second-order valence-electron chi connectivity index (χ2n) is 5.87. The van der Waals surface area contributed by atoms with Crippen molar-refractivity contribution in [1.82, 2.24) is 0 Å². The van der Waals surface area contributed by atoms with E-state index in [1.165, 1.54) is 25.7 Å². The van der Waals surface area contributed by atoms with E-state index in [1.54, 1.807) is 0 Å². The molecule has 0 bridgehead atoms. The average molecular weight is 330 g/mol. The summed E-state index contributed by atoms with van der Waals surface area (Å²) in [5.74, 6) is 0. The summed E-state index contributed by atoms with van der Waals surface area (Å²) in [5, 5.41) is 0. The molecule has 1 atom stereocenters. The monoisotopic (exact) mass is 329 g/mol. The van der Waals surface area contributed by atoms with Gasteiger partial charge in [0, 0.05) is 38.1 Å². The molecule has 2 heterocycles. The van der Waals surface area contributed by atoms with Crippen LogP contribution in [0.5, 0.6) is 0 Å². The Morgan fingerprint density at radius 2 is 1.86 bits per heavy atom. The van der Waals surface area contributed by atoms with Gasteiger partial charge >= 0.3 is 8.80 Å². The number of ether oxygens (including phenoxy) is 1. The summed E-state index contributed by atoms with van der Waals surface area (Å²) in [6.07, 6.45) is 6.79. The van der Waals surface area contributed by atoms with Gasteiger partial charge < -0.3 is 18.0 Å². The normalized spacial score (nSPS) is 27.2. The number of hydrogen-bond donors (Lipinski definition) is 0. The van der Waals surface area contributed by atoms with Crippen molar-refractivity contribution in [2.75, 3.05) is 33.0 Å². The van der Waals surface area contributed by atoms with Gasteiger partial charge in [-0.05, 0) is 39.5 Å². The third kappa shape index (κ3) is 5.42. The Labute approximate surface area is 135 Å². The van der Waals surface area contributed by atoms with Crippen molar-refractivity contribution >= 4 is 14.5 Å². The van der Waals surface area contributed by atoms with E-state index in [2.05, 4.69) is 0 Å². The number of rotatable bonds is 5. The Balaban J connectivity index is 2.12. The van der Waals surface area contributed by atoms with Crippen LogP contribution in [0.4, 0.5) is 0 Å². The maximum Gasteiger partial charge on any atom is 0.501 e. The molecule has 1 unspecified atom stereocenters.